The fourth-order valence-corrected chi connectivity index (χ4v) is 3.22. The molecule has 34 heavy (non-hydrogen) atoms. The molecule has 0 spiro atoms. The first-order valence-electron chi connectivity index (χ1n) is 10.1. The van der Waals surface area contributed by atoms with Crippen LogP contribution in [-0.4, -0.2) is 31.2 Å². The van der Waals surface area contributed by atoms with Crippen molar-refractivity contribution in [3.63, 3.8) is 0 Å². The van der Waals surface area contributed by atoms with Crippen molar-refractivity contribution in [2.75, 3.05) is 31.4 Å². The lowest BCUT2D eigenvalue weighted by atomic mass is 9.96. The predicted octanol–water partition coefficient (Wildman–Crippen LogP) is 2.79. The van der Waals surface area contributed by atoms with Gasteiger partial charge in [-0.15, -0.1) is 0 Å². The lowest BCUT2D eigenvalue weighted by molar-refractivity contribution is -0.118. The second-order valence-electron chi connectivity index (χ2n) is 6.88. The molecule has 0 unspecified atom stereocenters. The molecular formula is C24H21N5O5. The van der Waals surface area contributed by atoms with Crippen LogP contribution in [0.5, 0.6) is 17.2 Å². The predicted molar refractivity (Wildman–Crippen MR) is 125 cm³/mol. The Morgan fingerprint density at radius 2 is 1.76 bits per heavy atom. The van der Waals surface area contributed by atoms with Crippen LogP contribution in [0.3, 0.4) is 0 Å². The van der Waals surface area contributed by atoms with E-state index in [1.807, 2.05) is 13.0 Å². The van der Waals surface area contributed by atoms with Gasteiger partial charge in [0, 0.05) is 11.3 Å². The number of hydrogen-bond donors (Lipinski definition) is 3. The summed E-state index contributed by atoms with van der Waals surface area (Å²) in [6.45, 7) is 2.13. The van der Waals surface area contributed by atoms with E-state index >= 15 is 0 Å². The summed E-state index contributed by atoms with van der Waals surface area (Å²) in [5, 5.41) is 21.6. The maximum atomic E-state index is 12.3. The monoisotopic (exact) mass is 459 g/mol. The number of hydrogen-bond acceptors (Lipinski definition) is 8. The van der Waals surface area contributed by atoms with Gasteiger partial charge >= 0.3 is 0 Å². The lowest BCUT2D eigenvalue weighted by Crippen LogP contribution is -2.20. The Balaban J connectivity index is 1.80. The van der Waals surface area contributed by atoms with Crippen LogP contribution in [0, 0.1) is 22.7 Å². The molecule has 10 nitrogen and oxygen atoms in total. The molecule has 0 aliphatic rings. The van der Waals surface area contributed by atoms with Crippen molar-refractivity contribution in [2.24, 2.45) is 0 Å². The van der Waals surface area contributed by atoms with Gasteiger partial charge in [-0.1, -0.05) is 6.07 Å². The van der Waals surface area contributed by atoms with E-state index in [2.05, 4.69) is 10.3 Å². The number of anilines is 2. The minimum absolute atomic E-state index is 0.0402. The maximum absolute atomic E-state index is 12.3. The topological polar surface area (TPSA) is 163 Å². The highest BCUT2D eigenvalue weighted by Crippen LogP contribution is 2.35. The number of benzene rings is 2. The Bertz CT molecular complexity index is 1350. The van der Waals surface area contributed by atoms with Crippen LogP contribution >= 0.6 is 0 Å². The summed E-state index contributed by atoms with van der Waals surface area (Å²) >= 11 is 0. The summed E-state index contributed by atoms with van der Waals surface area (Å²) in [5.74, 6) is 0.645. The SMILES string of the molecule is CCOc1ccc(NC(=O)COc2ccc(-c3c(C#N)c(N)[nH]c(=O)c3C#N)cc2OC)cc1. The van der Waals surface area contributed by atoms with Gasteiger partial charge in [-0.05, 0) is 48.9 Å². The van der Waals surface area contributed by atoms with Gasteiger partial charge in [0.05, 0.1) is 13.7 Å². The van der Waals surface area contributed by atoms with Gasteiger partial charge in [0.2, 0.25) is 0 Å². The van der Waals surface area contributed by atoms with E-state index in [0.29, 0.717) is 23.6 Å². The summed E-state index contributed by atoms with van der Waals surface area (Å²) in [5.41, 5.74) is 5.79. The van der Waals surface area contributed by atoms with Crippen LogP contribution in [0.4, 0.5) is 11.5 Å². The van der Waals surface area contributed by atoms with Crippen molar-refractivity contribution in [2.45, 2.75) is 6.92 Å². The highest BCUT2D eigenvalue weighted by atomic mass is 16.5. The van der Waals surface area contributed by atoms with E-state index in [0.717, 1.165) is 0 Å². The largest absolute Gasteiger partial charge is 0.494 e. The number of carbonyl (C=O) groups excluding carboxylic acids is 1. The molecule has 3 rings (SSSR count). The van der Waals surface area contributed by atoms with Crippen LogP contribution in [0.2, 0.25) is 0 Å². The number of carbonyl (C=O) groups is 1. The molecular weight excluding hydrogens is 438 g/mol. The van der Waals surface area contributed by atoms with Crippen LogP contribution in [-0.2, 0) is 4.79 Å². The quantitative estimate of drug-likeness (QED) is 0.463. The smallest absolute Gasteiger partial charge is 0.268 e. The zero-order valence-corrected chi connectivity index (χ0v) is 18.5. The second-order valence-corrected chi connectivity index (χ2v) is 6.88. The molecule has 0 saturated carbocycles. The highest BCUT2D eigenvalue weighted by molar-refractivity contribution is 5.92. The number of nitrogens with two attached hydrogens (primary N) is 1. The molecule has 0 fully saturated rings. The molecule has 1 amide bonds. The van der Waals surface area contributed by atoms with Crippen molar-refractivity contribution in [1.29, 1.82) is 10.5 Å². The average Bonchev–Trinajstić information content (AvgIpc) is 2.83. The van der Waals surface area contributed by atoms with E-state index < -0.39 is 11.5 Å². The molecule has 3 aromatic rings. The first-order chi connectivity index (χ1) is 16.4. The maximum Gasteiger partial charge on any atom is 0.268 e. The van der Waals surface area contributed by atoms with E-state index in [1.165, 1.54) is 25.3 Å². The number of nitrogen functional groups attached to an aromatic ring is 1. The van der Waals surface area contributed by atoms with Gasteiger partial charge < -0.3 is 30.2 Å². The van der Waals surface area contributed by atoms with Crippen molar-refractivity contribution in [3.05, 3.63) is 63.9 Å². The minimum Gasteiger partial charge on any atom is -0.494 e. The van der Waals surface area contributed by atoms with Gasteiger partial charge in [-0.2, -0.15) is 10.5 Å². The number of aromatic amines is 1. The number of H-pyrrole nitrogens is 1. The number of nitrogens with zero attached hydrogens (tertiary/aromatic N) is 2. The second kappa shape index (κ2) is 10.6. The molecule has 4 N–H and O–H groups in total. The van der Waals surface area contributed by atoms with Crippen LogP contribution in [0.15, 0.2) is 47.3 Å². The van der Waals surface area contributed by atoms with Crippen LogP contribution in [0.25, 0.3) is 11.1 Å². The Labute approximate surface area is 195 Å². The number of nitrogens with one attached hydrogen (secondary N) is 2. The lowest BCUT2D eigenvalue weighted by Gasteiger charge is -2.14. The van der Waals surface area contributed by atoms with Gasteiger partial charge in [0.25, 0.3) is 11.5 Å². The molecule has 1 aromatic heterocycles. The molecule has 0 radical (unpaired) electrons. The molecule has 1 heterocycles. The fourth-order valence-electron chi connectivity index (χ4n) is 3.22. The van der Waals surface area contributed by atoms with E-state index in [-0.39, 0.29) is 40.6 Å². The molecule has 0 aliphatic heterocycles. The van der Waals surface area contributed by atoms with Crippen molar-refractivity contribution < 1.29 is 19.0 Å². The Morgan fingerprint density at radius 3 is 2.38 bits per heavy atom. The minimum atomic E-state index is -0.709. The normalized spacial score (nSPS) is 10.0. The summed E-state index contributed by atoms with van der Waals surface area (Å²) in [7, 11) is 1.40. The van der Waals surface area contributed by atoms with Crippen LogP contribution < -0.4 is 30.8 Å². The fraction of sp³-hybridized carbons (Fsp3) is 0.167. The third-order valence-corrected chi connectivity index (χ3v) is 4.73. The average molecular weight is 459 g/mol. The Kier molecular flexibility index (Phi) is 7.37. The summed E-state index contributed by atoms with van der Waals surface area (Å²) < 4.78 is 16.3. The molecule has 0 saturated heterocycles. The van der Waals surface area contributed by atoms with Crippen molar-refractivity contribution >= 4 is 17.4 Å². The van der Waals surface area contributed by atoms with Gasteiger partial charge in [0.1, 0.15) is 34.8 Å². The number of rotatable bonds is 8. The first kappa shape index (κ1) is 23.7. The summed E-state index contributed by atoms with van der Waals surface area (Å²) in [4.78, 5) is 26.7. The molecule has 10 heteroatoms. The number of aromatic nitrogens is 1. The first-order valence-corrected chi connectivity index (χ1v) is 10.1. The molecule has 0 atom stereocenters. The molecule has 172 valence electrons. The van der Waals surface area contributed by atoms with Crippen molar-refractivity contribution in [3.8, 4) is 40.5 Å². The number of methoxy groups -OCH3 is 1. The highest BCUT2D eigenvalue weighted by Gasteiger charge is 2.20. The molecule has 0 aliphatic carbocycles. The number of ether oxygens (including phenoxy) is 3. The van der Waals surface area contributed by atoms with Gasteiger partial charge in [0.15, 0.2) is 18.1 Å². The van der Waals surface area contributed by atoms with Crippen LogP contribution in [0.1, 0.15) is 18.1 Å². The zero-order valence-electron chi connectivity index (χ0n) is 18.5. The van der Waals surface area contributed by atoms with Gasteiger partial charge in [-0.25, -0.2) is 0 Å². The van der Waals surface area contributed by atoms with Gasteiger partial charge in [-0.3, -0.25) is 9.59 Å². The third kappa shape index (κ3) is 5.09. The number of amides is 1. The number of pyridine rings is 1. The zero-order chi connectivity index (χ0) is 24.7. The molecule has 0 bridgehead atoms. The van der Waals surface area contributed by atoms with E-state index in [9.17, 15) is 20.1 Å². The Hall–Kier alpha value is -4.96. The summed E-state index contributed by atoms with van der Waals surface area (Å²) in [6.07, 6.45) is 0. The third-order valence-electron chi connectivity index (χ3n) is 4.73. The molecule has 2 aromatic carbocycles. The van der Waals surface area contributed by atoms with Crippen molar-refractivity contribution in [1.82, 2.24) is 4.98 Å². The number of nitriles is 2. The Morgan fingerprint density at radius 1 is 1.06 bits per heavy atom. The standard InChI is InChI=1S/C24H21N5O5/c1-3-33-16-7-5-15(6-8-16)28-21(30)13-34-19-9-4-14(10-20(19)32-2)22-17(11-25)23(27)29-24(31)18(22)12-26/h4-10H,3,13H2,1-2H3,(H,28,30)(H3,27,29,31). The van der Waals surface area contributed by atoms with E-state index in [1.54, 1.807) is 30.3 Å². The van der Waals surface area contributed by atoms with E-state index in [4.69, 9.17) is 19.9 Å². The summed E-state index contributed by atoms with van der Waals surface area (Å²) in [6, 6.07) is 15.2.